The van der Waals surface area contributed by atoms with Crippen LogP contribution in [-0.4, -0.2) is 32.5 Å². The summed E-state index contributed by atoms with van der Waals surface area (Å²) in [5.74, 6) is 2.07. The second kappa shape index (κ2) is 8.74. The van der Waals surface area contributed by atoms with Gasteiger partial charge in [-0.15, -0.1) is 0 Å². The number of methoxy groups -OCH3 is 3. The van der Waals surface area contributed by atoms with Crippen LogP contribution < -0.4 is 19.9 Å². The molecule has 5 nitrogen and oxygen atoms in total. The summed E-state index contributed by atoms with van der Waals surface area (Å²) in [6.45, 7) is 2.03. The fourth-order valence-electron chi connectivity index (χ4n) is 2.94. The molecule has 3 atom stereocenters. The van der Waals surface area contributed by atoms with Crippen molar-refractivity contribution in [2.24, 2.45) is 11.7 Å². The zero-order valence-corrected chi connectivity index (χ0v) is 15.2. The third kappa shape index (κ3) is 4.44. The Hall–Kier alpha value is -2.24. The molecule has 0 fully saturated rings. The van der Waals surface area contributed by atoms with Crippen molar-refractivity contribution in [3.05, 3.63) is 53.6 Å². The monoisotopic (exact) mass is 345 g/mol. The Morgan fingerprint density at radius 3 is 2.20 bits per heavy atom. The van der Waals surface area contributed by atoms with E-state index in [9.17, 15) is 5.11 Å². The van der Waals surface area contributed by atoms with Gasteiger partial charge in [-0.2, -0.15) is 0 Å². The quantitative estimate of drug-likeness (QED) is 0.769. The topological polar surface area (TPSA) is 73.9 Å². The van der Waals surface area contributed by atoms with Crippen LogP contribution >= 0.6 is 0 Å². The average molecular weight is 345 g/mol. The van der Waals surface area contributed by atoms with Gasteiger partial charge in [0.2, 0.25) is 0 Å². The van der Waals surface area contributed by atoms with E-state index in [0.717, 1.165) is 5.56 Å². The van der Waals surface area contributed by atoms with Gasteiger partial charge in [0, 0.05) is 11.6 Å². The lowest BCUT2D eigenvalue weighted by atomic mass is 9.88. The van der Waals surface area contributed by atoms with E-state index in [-0.39, 0.29) is 5.92 Å². The molecule has 0 heterocycles. The highest BCUT2D eigenvalue weighted by atomic mass is 16.5. The van der Waals surface area contributed by atoms with Crippen molar-refractivity contribution in [2.75, 3.05) is 21.3 Å². The van der Waals surface area contributed by atoms with Gasteiger partial charge in [-0.25, -0.2) is 0 Å². The number of aliphatic hydroxyl groups is 1. The second-order valence-corrected chi connectivity index (χ2v) is 6.13. The lowest BCUT2D eigenvalue weighted by Crippen LogP contribution is -2.36. The molecule has 0 amide bonds. The SMILES string of the molecule is COc1ccc(CC(C)[C@@H](N)[C@H](O)c2ccccc2OC)cc1OC. The molecular weight excluding hydrogens is 318 g/mol. The van der Waals surface area contributed by atoms with Crippen LogP contribution in [0.3, 0.4) is 0 Å². The molecule has 0 aliphatic rings. The lowest BCUT2D eigenvalue weighted by molar-refractivity contribution is 0.118. The minimum atomic E-state index is -0.800. The van der Waals surface area contributed by atoms with Crippen molar-refractivity contribution in [3.8, 4) is 17.2 Å². The first-order valence-electron chi connectivity index (χ1n) is 8.29. The fourth-order valence-corrected chi connectivity index (χ4v) is 2.94. The van der Waals surface area contributed by atoms with Crippen LogP contribution in [0.25, 0.3) is 0 Å². The predicted molar refractivity (Wildman–Crippen MR) is 98.3 cm³/mol. The van der Waals surface area contributed by atoms with Gasteiger partial charge in [-0.05, 0) is 36.1 Å². The van der Waals surface area contributed by atoms with Gasteiger partial charge in [0.15, 0.2) is 11.5 Å². The summed E-state index contributed by atoms with van der Waals surface area (Å²) in [4.78, 5) is 0. The number of rotatable bonds is 8. The van der Waals surface area contributed by atoms with Crippen LogP contribution in [0.15, 0.2) is 42.5 Å². The van der Waals surface area contributed by atoms with E-state index in [2.05, 4.69) is 0 Å². The summed E-state index contributed by atoms with van der Waals surface area (Å²) in [6.07, 6.45) is -0.0837. The molecule has 0 spiro atoms. The van der Waals surface area contributed by atoms with Crippen molar-refractivity contribution < 1.29 is 19.3 Å². The molecule has 1 unspecified atom stereocenters. The van der Waals surface area contributed by atoms with E-state index in [1.54, 1.807) is 21.3 Å². The maximum Gasteiger partial charge on any atom is 0.160 e. The Bertz CT molecular complexity index is 689. The molecule has 25 heavy (non-hydrogen) atoms. The summed E-state index contributed by atoms with van der Waals surface area (Å²) in [6, 6.07) is 12.8. The van der Waals surface area contributed by atoms with Crippen LogP contribution in [0.2, 0.25) is 0 Å². The molecule has 136 valence electrons. The molecule has 0 aliphatic carbocycles. The van der Waals surface area contributed by atoms with Gasteiger partial charge in [-0.3, -0.25) is 0 Å². The third-order valence-electron chi connectivity index (χ3n) is 4.48. The maximum absolute atomic E-state index is 10.7. The first-order valence-corrected chi connectivity index (χ1v) is 8.29. The largest absolute Gasteiger partial charge is 0.496 e. The number of ether oxygens (including phenoxy) is 3. The fraction of sp³-hybridized carbons (Fsp3) is 0.400. The van der Waals surface area contributed by atoms with Crippen molar-refractivity contribution in [1.29, 1.82) is 0 Å². The molecule has 2 aromatic rings. The summed E-state index contributed by atoms with van der Waals surface area (Å²) in [7, 11) is 4.81. The Morgan fingerprint density at radius 2 is 1.56 bits per heavy atom. The van der Waals surface area contributed by atoms with Gasteiger partial charge < -0.3 is 25.1 Å². The molecule has 0 aromatic heterocycles. The number of hydrogen-bond donors (Lipinski definition) is 2. The molecule has 2 rings (SSSR count). The van der Waals surface area contributed by atoms with Gasteiger partial charge in [0.25, 0.3) is 0 Å². The Labute approximate surface area is 149 Å². The molecular formula is C20H27NO4. The van der Waals surface area contributed by atoms with E-state index in [0.29, 0.717) is 29.2 Å². The highest BCUT2D eigenvalue weighted by Crippen LogP contribution is 2.32. The highest BCUT2D eigenvalue weighted by Gasteiger charge is 2.25. The summed E-state index contributed by atoms with van der Waals surface area (Å²) in [5, 5.41) is 10.7. The van der Waals surface area contributed by atoms with Crippen LogP contribution in [-0.2, 0) is 6.42 Å². The van der Waals surface area contributed by atoms with E-state index in [1.165, 1.54) is 0 Å². The number of benzene rings is 2. The van der Waals surface area contributed by atoms with Crippen molar-refractivity contribution in [2.45, 2.75) is 25.5 Å². The van der Waals surface area contributed by atoms with Crippen LogP contribution in [0.1, 0.15) is 24.2 Å². The predicted octanol–water partition coefficient (Wildman–Crippen LogP) is 2.95. The lowest BCUT2D eigenvalue weighted by Gasteiger charge is -2.26. The zero-order chi connectivity index (χ0) is 18.4. The summed E-state index contributed by atoms with van der Waals surface area (Å²) < 4.78 is 15.9. The molecule has 0 bridgehead atoms. The molecule has 0 radical (unpaired) electrons. The minimum absolute atomic E-state index is 0.0537. The van der Waals surface area contributed by atoms with Crippen LogP contribution in [0.5, 0.6) is 17.2 Å². The minimum Gasteiger partial charge on any atom is -0.496 e. The Morgan fingerprint density at radius 1 is 0.920 bits per heavy atom. The number of hydrogen-bond acceptors (Lipinski definition) is 5. The van der Waals surface area contributed by atoms with Gasteiger partial charge in [0.05, 0.1) is 27.4 Å². The number of para-hydroxylation sites is 1. The number of aliphatic hydroxyl groups excluding tert-OH is 1. The smallest absolute Gasteiger partial charge is 0.160 e. The van der Waals surface area contributed by atoms with Crippen molar-refractivity contribution in [1.82, 2.24) is 0 Å². The van der Waals surface area contributed by atoms with Gasteiger partial charge >= 0.3 is 0 Å². The molecule has 0 saturated heterocycles. The molecule has 2 aromatic carbocycles. The first kappa shape index (κ1) is 19.1. The van der Waals surface area contributed by atoms with Crippen molar-refractivity contribution in [3.63, 3.8) is 0 Å². The van der Waals surface area contributed by atoms with E-state index < -0.39 is 12.1 Å². The Balaban J connectivity index is 2.13. The third-order valence-corrected chi connectivity index (χ3v) is 4.48. The second-order valence-electron chi connectivity index (χ2n) is 6.13. The highest BCUT2D eigenvalue weighted by molar-refractivity contribution is 5.43. The first-order chi connectivity index (χ1) is 12.0. The number of nitrogens with two attached hydrogens (primary N) is 1. The van der Waals surface area contributed by atoms with E-state index in [4.69, 9.17) is 19.9 Å². The maximum atomic E-state index is 10.7. The Kier molecular flexibility index (Phi) is 6.67. The zero-order valence-electron chi connectivity index (χ0n) is 15.2. The van der Waals surface area contributed by atoms with Gasteiger partial charge in [0.1, 0.15) is 5.75 Å². The van der Waals surface area contributed by atoms with E-state index in [1.807, 2.05) is 49.4 Å². The van der Waals surface area contributed by atoms with Crippen LogP contribution in [0, 0.1) is 5.92 Å². The molecule has 5 heteroatoms. The summed E-state index contributed by atoms with van der Waals surface area (Å²) in [5.41, 5.74) is 8.11. The normalized spacial score (nSPS) is 14.5. The molecule has 0 saturated carbocycles. The van der Waals surface area contributed by atoms with E-state index >= 15 is 0 Å². The van der Waals surface area contributed by atoms with Crippen LogP contribution in [0.4, 0.5) is 0 Å². The van der Waals surface area contributed by atoms with Gasteiger partial charge in [-0.1, -0.05) is 31.2 Å². The molecule has 0 aliphatic heterocycles. The standard InChI is InChI=1S/C20H27NO4/c1-13(11-14-9-10-17(24-3)18(12-14)25-4)19(21)20(22)15-7-5-6-8-16(15)23-2/h5-10,12-13,19-20,22H,11,21H2,1-4H3/t13?,19-,20-/m1/s1. The average Bonchev–Trinajstić information content (AvgIpc) is 2.66. The summed E-state index contributed by atoms with van der Waals surface area (Å²) >= 11 is 0. The van der Waals surface area contributed by atoms with Crippen molar-refractivity contribution >= 4 is 0 Å². The molecule has 3 N–H and O–H groups in total.